The van der Waals surface area contributed by atoms with Crippen molar-refractivity contribution in [1.29, 1.82) is 5.26 Å². The van der Waals surface area contributed by atoms with Gasteiger partial charge in [0.1, 0.15) is 17.0 Å². The van der Waals surface area contributed by atoms with Crippen molar-refractivity contribution in [2.45, 2.75) is 0 Å². The van der Waals surface area contributed by atoms with Crippen molar-refractivity contribution in [3.05, 3.63) is 58.6 Å². The summed E-state index contributed by atoms with van der Waals surface area (Å²) in [4.78, 5) is 15.7. The number of carbonyl (C=O) groups is 1. The summed E-state index contributed by atoms with van der Waals surface area (Å²) in [6.45, 7) is 0. The molecule has 0 aliphatic heterocycles. The molecule has 0 radical (unpaired) electrons. The second-order valence-corrected chi connectivity index (χ2v) is 4.01. The first kappa shape index (κ1) is 13.0. The van der Waals surface area contributed by atoms with Crippen molar-refractivity contribution in [2.24, 2.45) is 0 Å². The number of nitriles is 1. The Morgan fingerprint density at radius 2 is 2.16 bits per heavy atom. The Bertz CT molecular complexity index is 682. The molecule has 0 spiro atoms. The van der Waals surface area contributed by atoms with Gasteiger partial charge in [0, 0.05) is 11.8 Å². The van der Waals surface area contributed by atoms with Gasteiger partial charge in [0.05, 0.1) is 11.3 Å². The normalized spacial score (nSPS) is 9.74. The third kappa shape index (κ3) is 3.06. The van der Waals surface area contributed by atoms with E-state index in [1.807, 2.05) is 6.07 Å². The number of benzene rings is 1. The number of carbonyl (C=O) groups excluding carboxylic acids is 1. The topological polar surface area (TPSA) is 65.8 Å². The first-order chi connectivity index (χ1) is 9.10. The number of aromatic nitrogens is 1. The number of amides is 1. The van der Waals surface area contributed by atoms with Crippen molar-refractivity contribution >= 4 is 23.2 Å². The number of pyridine rings is 1. The van der Waals surface area contributed by atoms with Crippen molar-refractivity contribution < 1.29 is 9.18 Å². The summed E-state index contributed by atoms with van der Waals surface area (Å²) in [6.07, 6.45) is 1.40. The van der Waals surface area contributed by atoms with Crippen molar-refractivity contribution in [2.75, 3.05) is 5.32 Å². The Kier molecular flexibility index (Phi) is 3.74. The lowest BCUT2D eigenvalue weighted by molar-refractivity contribution is 0.102. The van der Waals surface area contributed by atoms with E-state index in [0.717, 1.165) is 12.1 Å². The fourth-order valence-electron chi connectivity index (χ4n) is 1.46. The summed E-state index contributed by atoms with van der Waals surface area (Å²) in [6, 6.07) is 8.23. The van der Waals surface area contributed by atoms with Gasteiger partial charge in [-0.05, 0) is 30.3 Å². The highest BCUT2D eigenvalue weighted by atomic mass is 35.5. The summed E-state index contributed by atoms with van der Waals surface area (Å²) in [5.41, 5.74) is 0.587. The van der Waals surface area contributed by atoms with Gasteiger partial charge in [-0.15, -0.1) is 0 Å². The van der Waals surface area contributed by atoms with Crippen LogP contribution in [0.3, 0.4) is 0 Å². The van der Waals surface area contributed by atoms with Gasteiger partial charge in [0.2, 0.25) is 0 Å². The van der Waals surface area contributed by atoms with E-state index in [1.165, 1.54) is 24.4 Å². The van der Waals surface area contributed by atoms with E-state index in [4.69, 9.17) is 16.9 Å². The molecule has 19 heavy (non-hydrogen) atoms. The minimum Gasteiger partial charge on any atom is -0.321 e. The molecule has 94 valence electrons. The molecule has 1 aromatic carbocycles. The molecule has 0 saturated carbocycles. The molecule has 1 aromatic heterocycles. The van der Waals surface area contributed by atoms with Crippen molar-refractivity contribution in [3.63, 3.8) is 0 Å². The maximum Gasteiger partial charge on any atom is 0.255 e. The third-order valence-electron chi connectivity index (χ3n) is 2.34. The minimum absolute atomic E-state index is 0.0495. The fraction of sp³-hybridized carbons (Fsp3) is 0. The molecule has 0 saturated heterocycles. The Morgan fingerprint density at radius 1 is 1.37 bits per heavy atom. The SMILES string of the molecule is N#Cc1cc(F)ccc1NC(=O)c1ccnc(Cl)c1. The predicted molar refractivity (Wildman–Crippen MR) is 68.3 cm³/mol. The molecule has 1 heterocycles. The zero-order chi connectivity index (χ0) is 13.8. The number of halogens is 2. The van der Waals surface area contributed by atoms with Gasteiger partial charge >= 0.3 is 0 Å². The molecule has 0 aliphatic carbocycles. The highest BCUT2D eigenvalue weighted by Gasteiger charge is 2.10. The molecule has 0 fully saturated rings. The van der Waals surface area contributed by atoms with Crippen LogP contribution >= 0.6 is 11.6 Å². The molecule has 2 aromatic rings. The van der Waals surface area contributed by atoms with Crippen LogP contribution in [-0.2, 0) is 0 Å². The largest absolute Gasteiger partial charge is 0.321 e. The fourth-order valence-corrected chi connectivity index (χ4v) is 1.63. The number of hydrogen-bond acceptors (Lipinski definition) is 3. The van der Waals surface area contributed by atoms with Crippen LogP contribution in [0.2, 0.25) is 5.15 Å². The Balaban J connectivity index is 2.27. The molecule has 4 nitrogen and oxygen atoms in total. The summed E-state index contributed by atoms with van der Waals surface area (Å²) in [5, 5.41) is 11.6. The van der Waals surface area contributed by atoms with E-state index in [0.29, 0.717) is 5.56 Å². The molecule has 0 bridgehead atoms. The van der Waals surface area contributed by atoms with Gasteiger partial charge in [-0.2, -0.15) is 5.26 Å². The van der Waals surface area contributed by atoms with Gasteiger partial charge in [0.15, 0.2) is 0 Å². The monoisotopic (exact) mass is 275 g/mol. The molecule has 2 rings (SSSR count). The van der Waals surface area contributed by atoms with Gasteiger partial charge in [-0.25, -0.2) is 9.37 Å². The van der Waals surface area contributed by atoms with E-state index in [1.54, 1.807) is 0 Å². The van der Waals surface area contributed by atoms with Gasteiger partial charge in [-0.3, -0.25) is 4.79 Å². The van der Waals surface area contributed by atoms with Gasteiger partial charge in [-0.1, -0.05) is 11.6 Å². The van der Waals surface area contributed by atoms with E-state index < -0.39 is 11.7 Å². The molecule has 0 unspecified atom stereocenters. The minimum atomic E-state index is -0.540. The highest BCUT2D eigenvalue weighted by Crippen LogP contribution is 2.17. The first-order valence-electron chi connectivity index (χ1n) is 5.22. The predicted octanol–water partition coefficient (Wildman–Crippen LogP) is 3.00. The molecule has 1 N–H and O–H groups in total. The lowest BCUT2D eigenvalue weighted by atomic mass is 10.1. The highest BCUT2D eigenvalue weighted by molar-refractivity contribution is 6.29. The lowest BCUT2D eigenvalue weighted by Crippen LogP contribution is -2.13. The van der Waals surface area contributed by atoms with E-state index in [2.05, 4.69) is 10.3 Å². The number of rotatable bonds is 2. The van der Waals surface area contributed by atoms with Crippen LogP contribution in [-0.4, -0.2) is 10.9 Å². The van der Waals surface area contributed by atoms with Crippen LogP contribution in [0.5, 0.6) is 0 Å². The van der Waals surface area contributed by atoms with E-state index in [9.17, 15) is 9.18 Å². The van der Waals surface area contributed by atoms with Crippen LogP contribution < -0.4 is 5.32 Å². The second-order valence-electron chi connectivity index (χ2n) is 3.62. The summed E-state index contributed by atoms with van der Waals surface area (Å²) < 4.78 is 13.0. The number of hydrogen-bond donors (Lipinski definition) is 1. The number of nitrogens with one attached hydrogen (secondary N) is 1. The zero-order valence-corrected chi connectivity index (χ0v) is 10.3. The van der Waals surface area contributed by atoms with E-state index >= 15 is 0 Å². The smallest absolute Gasteiger partial charge is 0.255 e. The molecule has 1 amide bonds. The average molecular weight is 276 g/mol. The zero-order valence-electron chi connectivity index (χ0n) is 9.52. The standard InChI is InChI=1S/C13H7ClFN3O/c14-12-6-8(3-4-17-12)13(19)18-11-2-1-10(15)5-9(11)7-16/h1-6H,(H,18,19). The van der Waals surface area contributed by atoms with Crippen molar-refractivity contribution in [1.82, 2.24) is 4.98 Å². The quantitative estimate of drug-likeness (QED) is 0.857. The maximum atomic E-state index is 13.0. The number of nitrogens with zero attached hydrogens (tertiary/aromatic N) is 2. The second kappa shape index (κ2) is 5.46. The molecular weight excluding hydrogens is 269 g/mol. The van der Waals surface area contributed by atoms with Crippen LogP contribution in [0.4, 0.5) is 10.1 Å². The molecule has 0 aliphatic rings. The molecular formula is C13H7ClFN3O. The van der Waals surface area contributed by atoms with Gasteiger partial charge in [0.25, 0.3) is 5.91 Å². The Labute approximate surface area is 113 Å². The maximum absolute atomic E-state index is 13.0. The van der Waals surface area contributed by atoms with Crippen LogP contribution in [0, 0.1) is 17.1 Å². The van der Waals surface area contributed by atoms with E-state index in [-0.39, 0.29) is 16.4 Å². The van der Waals surface area contributed by atoms with Gasteiger partial charge < -0.3 is 5.32 Å². The van der Waals surface area contributed by atoms with Crippen LogP contribution in [0.25, 0.3) is 0 Å². The summed E-state index contributed by atoms with van der Waals surface area (Å²) in [7, 11) is 0. The molecule has 0 atom stereocenters. The molecule has 6 heteroatoms. The Hall–Kier alpha value is -2.45. The summed E-state index contributed by atoms with van der Waals surface area (Å²) >= 11 is 5.68. The lowest BCUT2D eigenvalue weighted by Gasteiger charge is -2.07. The van der Waals surface area contributed by atoms with Crippen molar-refractivity contribution in [3.8, 4) is 6.07 Å². The number of anilines is 1. The van der Waals surface area contributed by atoms with Crippen LogP contribution in [0.15, 0.2) is 36.5 Å². The Morgan fingerprint density at radius 3 is 2.84 bits per heavy atom. The third-order valence-corrected chi connectivity index (χ3v) is 2.55. The summed E-state index contributed by atoms with van der Waals surface area (Å²) in [5.74, 6) is -0.992. The van der Waals surface area contributed by atoms with Crippen LogP contribution in [0.1, 0.15) is 15.9 Å². The average Bonchev–Trinajstić information content (AvgIpc) is 2.40. The first-order valence-corrected chi connectivity index (χ1v) is 5.60.